The summed E-state index contributed by atoms with van der Waals surface area (Å²) in [7, 11) is 0. The summed E-state index contributed by atoms with van der Waals surface area (Å²) in [6, 6.07) is 9.65. The van der Waals surface area contributed by atoms with Gasteiger partial charge in [-0.05, 0) is 66.8 Å². The number of H-pyrrole nitrogens is 1. The summed E-state index contributed by atoms with van der Waals surface area (Å²) in [4.78, 5) is 31.1. The van der Waals surface area contributed by atoms with Gasteiger partial charge in [0, 0.05) is 41.5 Å². The van der Waals surface area contributed by atoms with Crippen LogP contribution in [0.15, 0.2) is 42.7 Å². The average molecular weight is 387 g/mol. The number of carboxylic acid groups (broad SMARTS) is 1. The molecule has 6 heteroatoms. The van der Waals surface area contributed by atoms with Crippen LogP contribution in [-0.2, 0) is 16.0 Å². The number of rotatable bonds is 5. The van der Waals surface area contributed by atoms with Crippen LogP contribution in [0.1, 0.15) is 34.5 Å². The Bertz CT molecular complexity index is 1140. The molecular formula is C23H21N3O3. The Morgan fingerprint density at radius 2 is 1.93 bits per heavy atom. The van der Waals surface area contributed by atoms with E-state index < -0.39 is 5.97 Å². The predicted molar refractivity (Wildman–Crippen MR) is 112 cm³/mol. The lowest BCUT2D eigenvalue weighted by atomic mass is 9.94. The number of aromatic amines is 1. The third kappa shape index (κ3) is 3.45. The normalized spacial score (nSPS) is 14.1. The minimum Gasteiger partial charge on any atom is -0.481 e. The number of hydrogen-bond donors (Lipinski definition) is 3. The van der Waals surface area contributed by atoms with E-state index in [0.29, 0.717) is 12.0 Å². The monoisotopic (exact) mass is 387 g/mol. The highest BCUT2D eigenvalue weighted by Crippen LogP contribution is 2.40. The second kappa shape index (κ2) is 7.39. The molecule has 1 aromatic carbocycles. The molecule has 29 heavy (non-hydrogen) atoms. The van der Waals surface area contributed by atoms with Gasteiger partial charge in [0.1, 0.15) is 0 Å². The van der Waals surface area contributed by atoms with E-state index in [1.54, 1.807) is 12.4 Å². The lowest BCUT2D eigenvalue weighted by Gasteiger charge is -2.08. The summed E-state index contributed by atoms with van der Waals surface area (Å²) in [5.74, 6) is -0.976. The van der Waals surface area contributed by atoms with Crippen molar-refractivity contribution < 1.29 is 14.7 Å². The number of nitrogens with zero attached hydrogens (tertiary/aromatic N) is 1. The number of nitrogens with one attached hydrogen (secondary N) is 2. The van der Waals surface area contributed by atoms with Crippen molar-refractivity contribution in [3.8, 4) is 11.1 Å². The first kappa shape index (κ1) is 18.7. The summed E-state index contributed by atoms with van der Waals surface area (Å²) >= 11 is 0. The maximum absolute atomic E-state index is 12.8. The largest absolute Gasteiger partial charge is 0.481 e. The number of hydrogen-bond acceptors (Lipinski definition) is 3. The van der Waals surface area contributed by atoms with Crippen molar-refractivity contribution in [3.05, 3.63) is 70.8 Å². The van der Waals surface area contributed by atoms with Crippen molar-refractivity contribution in [2.75, 3.05) is 5.32 Å². The molecule has 0 bridgehead atoms. The zero-order valence-electron chi connectivity index (χ0n) is 16.2. The number of carboxylic acids is 1. The molecule has 0 fully saturated rings. The molecule has 0 saturated heterocycles. The van der Waals surface area contributed by atoms with Crippen LogP contribution in [0.25, 0.3) is 22.8 Å². The molecule has 1 aliphatic rings. The van der Waals surface area contributed by atoms with Crippen LogP contribution in [-0.4, -0.2) is 27.0 Å². The van der Waals surface area contributed by atoms with Crippen molar-refractivity contribution in [1.29, 1.82) is 0 Å². The van der Waals surface area contributed by atoms with Gasteiger partial charge < -0.3 is 15.4 Å². The zero-order valence-corrected chi connectivity index (χ0v) is 16.2. The maximum atomic E-state index is 12.8. The molecule has 0 atom stereocenters. The number of aryl methyl sites for hydroxylation is 1. The molecule has 3 heterocycles. The van der Waals surface area contributed by atoms with Gasteiger partial charge in [0.05, 0.1) is 5.57 Å². The third-order valence-electron chi connectivity index (χ3n) is 5.33. The summed E-state index contributed by atoms with van der Waals surface area (Å²) < 4.78 is 0. The fourth-order valence-corrected chi connectivity index (χ4v) is 3.87. The van der Waals surface area contributed by atoms with Gasteiger partial charge >= 0.3 is 5.97 Å². The molecule has 0 spiro atoms. The van der Waals surface area contributed by atoms with Gasteiger partial charge in [0.15, 0.2) is 0 Å². The number of aromatic nitrogens is 2. The number of benzene rings is 1. The minimum absolute atomic E-state index is 0.0745. The second-order valence-electron chi connectivity index (χ2n) is 7.14. The van der Waals surface area contributed by atoms with Gasteiger partial charge in [0.2, 0.25) is 0 Å². The highest BCUT2D eigenvalue weighted by Gasteiger charge is 2.28. The van der Waals surface area contributed by atoms with Gasteiger partial charge in [-0.3, -0.25) is 14.6 Å². The Labute approximate surface area is 168 Å². The number of fused-ring (bicyclic) bond motifs is 1. The van der Waals surface area contributed by atoms with E-state index in [-0.39, 0.29) is 12.3 Å². The fourth-order valence-electron chi connectivity index (χ4n) is 3.87. The van der Waals surface area contributed by atoms with E-state index in [1.165, 1.54) is 0 Å². The van der Waals surface area contributed by atoms with Gasteiger partial charge in [-0.25, -0.2) is 0 Å². The van der Waals surface area contributed by atoms with Gasteiger partial charge in [-0.15, -0.1) is 0 Å². The summed E-state index contributed by atoms with van der Waals surface area (Å²) in [6.45, 7) is 3.88. The van der Waals surface area contributed by atoms with Crippen LogP contribution in [0.5, 0.6) is 0 Å². The topological polar surface area (TPSA) is 95.1 Å². The molecule has 2 aromatic heterocycles. The van der Waals surface area contributed by atoms with Gasteiger partial charge in [-0.2, -0.15) is 0 Å². The zero-order chi connectivity index (χ0) is 20.5. The molecule has 6 nitrogen and oxygen atoms in total. The average Bonchev–Trinajstić information content (AvgIpc) is 3.16. The molecule has 0 radical (unpaired) electrons. The lowest BCUT2D eigenvalue weighted by molar-refractivity contribution is -0.137. The number of amides is 1. The van der Waals surface area contributed by atoms with Crippen molar-refractivity contribution in [3.63, 3.8) is 0 Å². The van der Waals surface area contributed by atoms with Crippen LogP contribution in [0.3, 0.4) is 0 Å². The molecule has 3 N–H and O–H groups in total. The Balaban J connectivity index is 1.81. The minimum atomic E-state index is -0.823. The Hall–Kier alpha value is -3.67. The molecule has 1 amide bonds. The summed E-state index contributed by atoms with van der Waals surface area (Å²) in [6.07, 6.45) is 5.85. The van der Waals surface area contributed by atoms with E-state index in [2.05, 4.69) is 15.3 Å². The number of carbonyl (C=O) groups excluding carboxylic acids is 1. The first-order valence-corrected chi connectivity index (χ1v) is 9.42. The second-order valence-corrected chi connectivity index (χ2v) is 7.14. The van der Waals surface area contributed by atoms with E-state index in [4.69, 9.17) is 5.11 Å². The van der Waals surface area contributed by atoms with Gasteiger partial charge in [0.25, 0.3) is 5.91 Å². The first-order valence-electron chi connectivity index (χ1n) is 9.42. The predicted octanol–water partition coefficient (Wildman–Crippen LogP) is 4.20. The molecule has 4 rings (SSSR count). The van der Waals surface area contributed by atoms with E-state index in [1.807, 2.05) is 50.3 Å². The third-order valence-corrected chi connectivity index (χ3v) is 5.33. The van der Waals surface area contributed by atoms with E-state index in [9.17, 15) is 9.59 Å². The van der Waals surface area contributed by atoms with Crippen molar-refractivity contribution in [2.45, 2.75) is 26.7 Å². The van der Waals surface area contributed by atoms with E-state index >= 15 is 0 Å². The molecule has 0 saturated carbocycles. The fraction of sp³-hybridized carbons (Fsp3) is 0.174. The summed E-state index contributed by atoms with van der Waals surface area (Å²) in [5, 5.41) is 11.9. The number of carbonyl (C=O) groups is 2. The van der Waals surface area contributed by atoms with Gasteiger partial charge in [-0.1, -0.05) is 12.1 Å². The molecule has 0 aliphatic carbocycles. The molecular weight excluding hydrogens is 366 g/mol. The first-order chi connectivity index (χ1) is 14.0. The molecule has 1 aliphatic heterocycles. The highest BCUT2D eigenvalue weighted by molar-refractivity contribution is 6.36. The summed E-state index contributed by atoms with van der Waals surface area (Å²) in [5.41, 5.74) is 7.88. The van der Waals surface area contributed by atoms with Crippen molar-refractivity contribution >= 4 is 29.2 Å². The van der Waals surface area contributed by atoms with Crippen LogP contribution < -0.4 is 5.32 Å². The Kier molecular flexibility index (Phi) is 4.76. The number of aliphatic carboxylic acids is 1. The van der Waals surface area contributed by atoms with Crippen LogP contribution in [0.4, 0.5) is 5.69 Å². The smallest absolute Gasteiger partial charge is 0.303 e. The molecule has 3 aromatic rings. The standard InChI is InChI=1S/C23H21N3O3/c1-13-16(6-7-21(27)28)14(2)25-20(13)12-18-22-17(15-8-10-24-11-9-15)4-3-5-19(22)26-23(18)29/h3-5,8-12,25H,6-7H2,1-2H3,(H,26,29)(H,27,28)/b18-12-. The lowest BCUT2D eigenvalue weighted by Crippen LogP contribution is -2.03. The van der Waals surface area contributed by atoms with Crippen LogP contribution >= 0.6 is 0 Å². The molecule has 0 unspecified atom stereocenters. The van der Waals surface area contributed by atoms with Crippen molar-refractivity contribution in [1.82, 2.24) is 9.97 Å². The SMILES string of the molecule is Cc1[nH]c(/C=C2\C(=O)Nc3cccc(-c4ccncc4)c32)c(C)c1CCC(=O)O. The Morgan fingerprint density at radius 3 is 2.66 bits per heavy atom. The number of pyridine rings is 1. The van der Waals surface area contributed by atoms with E-state index in [0.717, 1.165) is 44.9 Å². The quantitative estimate of drug-likeness (QED) is 0.572. The van der Waals surface area contributed by atoms with Crippen LogP contribution in [0, 0.1) is 13.8 Å². The number of anilines is 1. The highest BCUT2D eigenvalue weighted by atomic mass is 16.4. The van der Waals surface area contributed by atoms with Crippen molar-refractivity contribution in [2.24, 2.45) is 0 Å². The Morgan fingerprint density at radius 1 is 1.17 bits per heavy atom. The molecule has 146 valence electrons. The maximum Gasteiger partial charge on any atom is 0.303 e. The van der Waals surface area contributed by atoms with Crippen LogP contribution in [0.2, 0.25) is 0 Å².